The third-order valence-electron chi connectivity index (χ3n) is 8.17. The Hall–Kier alpha value is -3.02. The van der Waals surface area contributed by atoms with Gasteiger partial charge in [-0.2, -0.15) is 0 Å². The van der Waals surface area contributed by atoms with Gasteiger partial charge in [-0.1, -0.05) is 17.7 Å². The van der Waals surface area contributed by atoms with Gasteiger partial charge in [-0.05, 0) is 45.4 Å². The van der Waals surface area contributed by atoms with Crippen LogP contribution in [0.3, 0.4) is 0 Å². The number of carbonyl (C=O) groups excluding carboxylic acids is 1. The standard InChI is InChI=1S/C29H31ClF2N4O2/c1-17-23(30)13-20-25(14-33-5)38-29(26(20)34-17)8-10-35(11-9-29)27(37)22-16-36(28(2,3)4)15-21(22)19-7-6-18(31)12-24(19)32/h6-7,12-14,21-22H,8-11,15-16H2,1-4H3/t21-,22+/m0/s1. The van der Waals surface area contributed by atoms with Crippen molar-refractivity contribution in [2.45, 2.75) is 57.6 Å². The highest BCUT2D eigenvalue weighted by atomic mass is 35.5. The lowest BCUT2D eigenvalue weighted by Crippen LogP contribution is -2.48. The van der Waals surface area contributed by atoms with Crippen LogP contribution < -0.4 is 0 Å². The van der Waals surface area contributed by atoms with Crippen molar-refractivity contribution in [2.75, 3.05) is 26.2 Å². The number of halogens is 3. The molecule has 1 aromatic heterocycles. The average Bonchev–Trinajstić information content (AvgIpc) is 3.41. The molecule has 0 saturated carbocycles. The summed E-state index contributed by atoms with van der Waals surface area (Å²) in [4.78, 5) is 26.1. The Labute approximate surface area is 227 Å². The Morgan fingerprint density at radius 3 is 2.58 bits per heavy atom. The molecule has 0 radical (unpaired) electrons. The van der Waals surface area contributed by atoms with Gasteiger partial charge in [0.25, 0.3) is 0 Å². The van der Waals surface area contributed by atoms with Gasteiger partial charge >= 0.3 is 0 Å². The Kier molecular flexibility index (Phi) is 6.73. The maximum absolute atomic E-state index is 14.9. The fourth-order valence-electron chi connectivity index (χ4n) is 5.97. The van der Waals surface area contributed by atoms with Crippen LogP contribution in [0, 0.1) is 31.0 Å². The molecule has 1 amide bonds. The van der Waals surface area contributed by atoms with Gasteiger partial charge in [-0.25, -0.2) is 13.6 Å². The molecule has 0 N–H and O–H groups in total. The minimum atomic E-state index is -0.729. The second kappa shape index (κ2) is 9.62. The van der Waals surface area contributed by atoms with Gasteiger partial charge in [0, 0.05) is 62.1 Å². The molecular weight excluding hydrogens is 510 g/mol. The SMILES string of the molecule is [C-]#[N+]C=C1OC2(CCN(C(=O)[C@@H]3CN(C(C)(C)C)C[C@H]3c3ccc(F)cc3F)CC2)c2nc(C)c(Cl)cc21. The topological polar surface area (TPSA) is 50.0 Å². The number of fused-ring (bicyclic) bond motifs is 2. The van der Waals surface area contributed by atoms with Gasteiger partial charge in [0.05, 0.1) is 28.9 Å². The van der Waals surface area contributed by atoms with Gasteiger partial charge in [-0.15, -0.1) is 0 Å². The molecule has 2 saturated heterocycles. The summed E-state index contributed by atoms with van der Waals surface area (Å²) in [6.45, 7) is 17.2. The van der Waals surface area contributed by atoms with E-state index in [1.54, 1.807) is 6.07 Å². The number of nitrogens with zero attached hydrogens (tertiary/aromatic N) is 4. The Morgan fingerprint density at radius 1 is 1.24 bits per heavy atom. The van der Waals surface area contributed by atoms with Crippen LogP contribution in [-0.4, -0.2) is 52.4 Å². The molecule has 3 aliphatic heterocycles. The summed E-state index contributed by atoms with van der Waals surface area (Å²) in [5, 5.41) is 0.511. The molecule has 2 atom stereocenters. The van der Waals surface area contributed by atoms with Crippen LogP contribution in [0.5, 0.6) is 0 Å². The molecule has 5 rings (SSSR count). The van der Waals surface area contributed by atoms with E-state index in [9.17, 15) is 13.6 Å². The molecule has 4 heterocycles. The Morgan fingerprint density at radius 2 is 1.95 bits per heavy atom. The predicted octanol–water partition coefficient (Wildman–Crippen LogP) is 5.90. The van der Waals surface area contributed by atoms with Crippen molar-refractivity contribution in [2.24, 2.45) is 5.92 Å². The number of hydrogen-bond acceptors (Lipinski definition) is 4. The molecule has 200 valence electrons. The van der Waals surface area contributed by atoms with E-state index < -0.39 is 23.2 Å². The number of ether oxygens (including phenoxy) is 1. The van der Waals surface area contributed by atoms with Crippen molar-refractivity contribution < 1.29 is 18.3 Å². The number of aryl methyl sites for hydroxylation is 1. The van der Waals surface area contributed by atoms with Crippen LogP contribution in [0.2, 0.25) is 5.02 Å². The minimum Gasteiger partial charge on any atom is -0.492 e. The zero-order chi connectivity index (χ0) is 27.4. The van der Waals surface area contributed by atoms with E-state index in [-0.39, 0.29) is 17.4 Å². The third-order valence-corrected chi connectivity index (χ3v) is 8.55. The summed E-state index contributed by atoms with van der Waals surface area (Å²) in [5.74, 6) is -1.65. The lowest BCUT2D eigenvalue weighted by Gasteiger charge is -2.40. The fraction of sp³-hybridized carbons (Fsp3) is 0.483. The second-order valence-corrected chi connectivity index (χ2v) is 11.9. The first-order chi connectivity index (χ1) is 17.9. The normalized spacial score (nSPS) is 23.9. The van der Waals surface area contributed by atoms with E-state index >= 15 is 0 Å². The minimum absolute atomic E-state index is 0.0317. The number of hydrogen-bond donors (Lipinski definition) is 0. The molecule has 3 aliphatic rings. The highest BCUT2D eigenvalue weighted by Gasteiger charge is 2.50. The van der Waals surface area contributed by atoms with Crippen LogP contribution in [0.4, 0.5) is 8.78 Å². The summed E-state index contributed by atoms with van der Waals surface area (Å²) >= 11 is 6.32. The molecule has 0 unspecified atom stereocenters. The maximum atomic E-state index is 14.9. The number of piperidine rings is 1. The zero-order valence-corrected chi connectivity index (χ0v) is 22.8. The van der Waals surface area contributed by atoms with E-state index in [4.69, 9.17) is 27.9 Å². The van der Waals surface area contributed by atoms with Gasteiger partial charge in [-0.3, -0.25) is 14.7 Å². The second-order valence-electron chi connectivity index (χ2n) is 11.5. The van der Waals surface area contributed by atoms with Crippen molar-refractivity contribution in [3.63, 3.8) is 0 Å². The van der Waals surface area contributed by atoms with Crippen molar-refractivity contribution >= 4 is 23.3 Å². The molecule has 1 aromatic carbocycles. The highest BCUT2D eigenvalue weighted by Crippen LogP contribution is 2.49. The van der Waals surface area contributed by atoms with Crippen LogP contribution >= 0.6 is 11.6 Å². The summed E-state index contributed by atoms with van der Waals surface area (Å²) in [7, 11) is 0. The third kappa shape index (κ3) is 4.56. The summed E-state index contributed by atoms with van der Waals surface area (Å²) in [5.41, 5.74) is 1.62. The first-order valence-electron chi connectivity index (χ1n) is 12.9. The largest absolute Gasteiger partial charge is 0.492 e. The molecule has 0 aliphatic carbocycles. The molecule has 6 nitrogen and oxygen atoms in total. The van der Waals surface area contributed by atoms with Crippen molar-refractivity contribution in [3.05, 3.63) is 81.1 Å². The molecule has 2 fully saturated rings. The number of rotatable bonds is 2. The van der Waals surface area contributed by atoms with Crippen molar-refractivity contribution in [1.29, 1.82) is 0 Å². The van der Waals surface area contributed by atoms with Crippen LogP contribution in [0.1, 0.15) is 62.0 Å². The van der Waals surface area contributed by atoms with Crippen molar-refractivity contribution in [3.8, 4) is 0 Å². The summed E-state index contributed by atoms with van der Waals surface area (Å²) in [6, 6.07) is 5.42. The fourth-order valence-corrected chi connectivity index (χ4v) is 6.12. The number of pyridine rings is 1. The van der Waals surface area contributed by atoms with E-state index in [1.165, 1.54) is 18.3 Å². The molecule has 1 spiro atoms. The van der Waals surface area contributed by atoms with Crippen LogP contribution in [-0.2, 0) is 15.1 Å². The number of amides is 1. The van der Waals surface area contributed by atoms with Gasteiger partial charge in [0.2, 0.25) is 5.91 Å². The number of likely N-dealkylation sites (tertiary alicyclic amines) is 2. The van der Waals surface area contributed by atoms with Crippen LogP contribution in [0.15, 0.2) is 30.5 Å². The Balaban J connectivity index is 1.40. The number of aromatic nitrogens is 1. The number of carbonyl (C=O) groups is 1. The Bertz CT molecular complexity index is 1360. The van der Waals surface area contributed by atoms with E-state index in [0.717, 1.165) is 17.3 Å². The summed E-state index contributed by atoms with van der Waals surface area (Å²) < 4.78 is 34.9. The molecule has 38 heavy (non-hydrogen) atoms. The number of benzene rings is 1. The van der Waals surface area contributed by atoms with E-state index in [0.29, 0.717) is 61.1 Å². The molecule has 9 heteroatoms. The predicted molar refractivity (Wildman–Crippen MR) is 141 cm³/mol. The van der Waals surface area contributed by atoms with E-state index in [1.807, 2.05) is 11.8 Å². The first kappa shape index (κ1) is 26.6. The highest BCUT2D eigenvalue weighted by molar-refractivity contribution is 6.31. The summed E-state index contributed by atoms with van der Waals surface area (Å²) in [6.07, 6.45) is 2.38. The lowest BCUT2D eigenvalue weighted by molar-refractivity contribution is -0.139. The first-order valence-corrected chi connectivity index (χ1v) is 13.2. The molecule has 0 bridgehead atoms. The van der Waals surface area contributed by atoms with Crippen LogP contribution in [0.25, 0.3) is 10.6 Å². The molecular formula is C29H31ClF2N4O2. The van der Waals surface area contributed by atoms with E-state index in [2.05, 4.69) is 30.5 Å². The molecule has 2 aromatic rings. The monoisotopic (exact) mass is 540 g/mol. The average molecular weight is 541 g/mol. The maximum Gasteiger partial charge on any atom is 0.227 e. The van der Waals surface area contributed by atoms with Crippen molar-refractivity contribution in [1.82, 2.24) is 14.8 Å². The quantitative estimate of drug-likeness (QED) is 0.445. The smallest absolute Gasteiger partial charge is 0.227 e. The van der Waals surface area contributed by atoms with Gasteiger partial charge in [0.1, 0.15) is 17.4 Å². The lowest BCUT2D eigenvalue weighted by atomic mass is 9.84. The zero-order valence-electron chi connectivity index (χ0n) is 22.0. The van der Waals surface area contributed by atoms with Gasteiger partial charge < -0.3 is 9.64 Å². The van der Waals surface area contributed by atoms with Gasteiger partial charge in [0.15, 0.2) is 11.8 Å².